The highest BCUT2D eigenvalue weighted by Gasteiger charge is 2.11. The van der Waals surface area contributed by atoms with Crippen molar-refractivity contribution < 1.29 is 13.9 Å². The summed E-state index contributed by atoms with van der Waals surface area (Å²) < 4.78 is 25.4. The minimum absolute atomic E-state index is 0.153. The van der Waals surface area contributed by atoms with E-state index in [9.17, 15) is 4.39 Å². The lowest BCUT2D eigenvalue weighted by molar-refractivity contribution is 0.309. The van der Waals surface area contributed by atoms with E-state index in [0.717, 1.165) is 21.3 Å². The first-order valence-electron chi connectivity index (χ1n) is 7.59. The number of rotatable bonds is 8. The van der Waals surface area contributed by atoms with Crippen LogP contribution in [0.2, 0.25) is 0 Å². The van der Waals surface area contributed by atoms with Gasteiger partial charge in [0, 0.05) is 6.54 Å². The van der Waals surface area contributed by atoms with Crippen molar-refractivity contribution in [2.24, 2.45) is 0 Å². The van der Waals surface area contributed by atoms with Crippen LogP contribution in [0.4, 0.5) is 4.39 Å². The van der Waals surface area contributed by atoms with Crippen LogP contribution < -0.4 is 14.8 Å². The van der Waals surface area contributed by atoms with E-state index in [4.69, 9.17) is 9.47 Å². The first-order valence-corrected chi connectivity index (χ1v) is 8.38. The Hall–Kier alpha value is -1.59. The molecule has 3 nitrogen and oxygen atoms in total. The van der Waals surface area contributed by atoms with Crippen LogP contribution in [0.15, 0.2) is 40.9 Å². The highest BCUT2D eigenvalue weighted by Crippen LogP contribution is 2.36. The molecule has 0 atom stereocenters. The van der Waals surface area contributed by atoms with Gasteiger partial charge in [-0.15, -0.1) is 0 Å². The number of halogens is 2. The summed E-state index contributed by atoms with van der Waals surface area (Å²) in [5.74, 6) is 1.26. The Morgan fingerprint density at radius 3 is 2.70 bits per heavy atom. The van der Waals surface area contributed by atoms with Gasteiger partial charge in [-0.2, -0.15) is 0 Å². The molecule has 0 amide bonds. The predicted molar refractivity (Wildman–Crippen MR) is 93.7 cm³/mol. The molecule has 23 heavy (non-hydrogen) atoms. The second kappa shape index (κ2) is 8.89. The van der Waals surface area contributed by atoms with Gasteiger partial charge >= 0.3 is 0 Å². The fourth-order valence-corrected chi connectivity index (χ4v) is 2.99. The van der Waals surface area contributed by atoms with E-state index in [-0.39, 0.29) is 5.82 Å². The van der Waals surface area contributed by atoms with Crippen LogP contribution in [-0.2, 0) is 13.0 Å². The largest absolute Gasteiger partial charge is 0.492 e. The minimum Gasteiger partial charge on any atom is -0.492 e. The van der Waals surface area contributed by atoms with E-state index in [1.54, 1.807) is 13.2 Å². The van der Waals surface area contributed by atoms with Crippen LogP contribution in [-0.4, -0.2) is 20.3 Å². The van der Waals surface area contributed by atoms with E-state index >= 15 is 0 Å². The highest BCUT2D eigenvalue weighted by atomic mass is 79.9. The average molecular weight is 382 g/mol. The third-order valence-electron chi connectivity index (χ3n) is 3.43. The topological polar surface area (TPSA) is 30.5 Å². The van der Waals surface area contributed by atoms with Crippen molar-refractivity contribution in [2.75, 3.05) is 20.3 Å². The van der Waals surface area contributed by atoms with Gasteiger partial charge in [0.25, 0.3) is 0 Å². The molecular formula is C18H21BrFNO2. The molecule has 0 radical (unpaired) electrons. The number of ether oxygens (including phenoxy) is 2. The van der Waals surface area contributed by atoms with Crippen LogP contribution in [0.1, 0.15) is 18.1 Å². The third-order valence-corrected chi connectivity index (χ3v) is 4.02. The van der Waals surface area contributed by atoms with Gasteiger partial charge in [-0.1, -0.05) is 18.2 Å². The monoisotopic (exact) mass is 381 g/mol. The van der Waals surface area contributed by atoms with Gasteiger partial charge in [-0.25, -0.2) is 4.39 Å². The number of nitrogens with one attached hydrogen (secondary N) is 1. The molecule has 1 N–H and O–H groups in total. The summed E-state index contributed by atoms with van der Waals surface area (Å²) in [5, 5.41) is 3.33. The van der Waals surface area contributed by atoms with E-state index in [0.29, 0.717) is 31.9 Å². The zero-order chi connectivity index (χ0) is 16.7. The van der Waals surface area contributed by atoms with Gasteiger partial charge in [0.1, 0.15) is 5.82 Å². The average Bonchev–Trinajstić information content (AvgIpc) is 2.53. The smallest absolute Gasteiger partial charge is 0.174 e. The summed E-state index contributed by atoms with van der Waals surface area (Å²) in [5.41, 5.74) is 1.81. The molecular weight excluding hydrogens is 361 g/mol. The van der Waals surface area contributed by atoms with Crippen LogP contribution in [0.3, 0.4) is 0 Å². The van der Waals surface area contributed by atoms with Crippen molar-refractivity contribution in [1.29, 1.82) is 0 Å². The van der Waals surface area contributed by atoms with Gasteiger partial charge in [0.2, 0.25) is 0 Å². The molecule has 2 aromatic carbocycles. The Kier molecular flexibility index (Phi) is 6.86. The molecule has 2 aromatic rings. The summed E-state index contributed by atoms with van der Waals surface area (Å²) in [6.07, 6.45) is 0.655. The van der Waals surface area contributed by atoms with Gasteiger partial charge in [0.05, 0.1) is 18.2 Å². The molecule has 0 fully saturated rings. The maximum Gasteiger partial charge on any atom is 0.174 e. The maximum atomic E-state index is 13.5. The predicted octanol–water partition coefficient (Wildman–Crippen LogP) is 4.33. The zero-order valence-corrected chi connectivity index (χ0v) is 15.0. The minimum atomic E-state index is -0.153. The van der Waals surface area contributed by atoms with Crippen molar-refractivity contribution in [3.8, 4) is 11.5 Å². The molecule has 0 aromatic heterocycles. The molecule has 0 saturated carbocycles. The quantitative estimate of drug-likeness (QED) is 0.690. The maximum absolute atomic E-state index is 13.5. The lowest BCUT2D eigenvalue weighted by atomic mass is 10.1. The number of methoxy groups -OCH3 is 1. The molecule has 0 aliphatic rings. The van der Waals surface area contributed by atoms with Gasteiger partial charge < -0.3 is 14.8 Å². The first-order chi connectivity index (χ1) is 11.2. The van der Waals surface area contributed by atoms with E-state index in [2.05, 4.69) is 21.2 Å². The molecule has 0 aliphatic carbocycles. The molecule has 5 heteroatoms. The SMILES string of the molecule is CCOc1cc(CNCCc2ccccc2F)cc(Br)c1OC. The number of benzene rings is 2. The van der Waals surface area contributed by atoms with Crippen LogP contribution >= 0.6 is 15.9 Å². The lowest BCUT2D eigenvalue weighted by Crippen LogP contribution is -2.17. The molecule has 0 saturated heterocycles. The van der Waals surface area contributed by atoms with Crippen molar-refractivity contribution >= 4 is 15.9 Å². The Morgan fingerprint density at radius 2 is 2.00 bits per heavy atom. The molecule has 0 aliphatic heterocycles. The Labute approximate surface area is 144 Å². The number of hydrogen-bond acceptors (Lipinski definition) is 3. The summed E-state index contributed by atoms with van der Waals surface area (Å²) in [7, 11) is 1.62. The Bertz CT molecular complexity index is 649. The second-order valence-corrected chi connectivity index (χ2v) is 5.91. The fraction of sp³-hybridized carbons (Fsp3) is 0.333. The highest BCUT2D eigenvalue weighted by molar-refractivity contribution is 9.10. The van der Waals surface area contributed by atoms with Crippen LogP contribution in [0, 0.1) is 5.82 Å². The molecule has 124 valence electrons. The number of hydrogen-bond donors (Lipinski definition) is 1. The summed E-state index contributed by atoms with van der Waals surface area (Å²) in [4.78, 5) is 0. The summed E-state index contributed by atoms with van der Waals surface area (Å²) in [6.45, 7) is 3.89. The molecule has 0 heterocycles. The van der Waals surface area contributed by atoms with Crippen LogP contribution in [0.5, 0.6) is 11.5 Å². The van der Waals surface area contributed by atoms with E-state index < -0.39 is 0 Å². The molecule has 0 unspecified atom stereocenters. The molecule has 0 spiro atoms. The second-order valence-electron chi connectivity index (χ2n) is 5.06. The van der Waals surface area contributed by atoms with Gasteiger partial charge in [-0.3, -0.25) is 0 Å². The normalized spacial score (nSPS) is 10.6. The first kappa shape index (κ1) is 17.8. The fourth-order valence-electron chi connectivity index (χ4n) is 2.34. The zero-order valence-electron chi connectivity index (χ0n) is 13.4. The summed E-state index contributed by atoms with van der Waals surface area (Å²) >= 11 is 3.50. The Balaban J connectivity index is 1.94. The molecule has 0 bridgehead atoms. The van der Waals surface area contributed by atoms with Crippen molar-refractivity contribution in [2.45, 2.75) is 19.9 Å². The van der Waals surface area contributed by atoms with E-state index in [1.165, 1.54) is 6.07 Å². The van der Waals surface area contributed by atoms with Crippen molar-refractivity contribution in [1.82, 2.24) is 5.32 Å². The van der Waals surface area contributed by atoms with Crippen molar-refractivity contribution in [3.63, 3.8) is 0 Å². The summed E-state index contributed by atoms with van der Waals surface area (Å²) in [6, 6.07) is 10.8. The van der Waals surface area contributed by atoms with Crippen LogP contribution in [0.25, 0.3) is 0 Å². The van der Waals surface area contributed by atoms with Gasteiger partial charge in [0.15, 0.2) is 11.5 Å². The third kappa shape index (κ3) is 4.94. The molecule has 2 rings (SSSR count). The standard InChI is InChI=1S/C18H21BrFNO2/c1-3-23-17-11-13(10-15(19)18(17)22-2)12-21-9-8-14-6-4-5-7-16(14)20/h4-7,10-11,21H,3,8-9,12H2,1-2H3. The lowest BCUT2D eigenvalue weighted by Gasteiger charge is -2.13. The Morgan fingerprint density at radius 1 is 1.22 bits per heavy atom. The van der Waals surface area contributed by atoms with E-state index in [1.807, 2.05) is 31.2 Å². The van der Waals surface area contributed by atoms with Crippen molar-refractivity contribution in [3.05, 3.63) is 57.8 Å². The van der Waals surface area contributed by atoms with Gasteiger partial charge in [-0.05, 0) is 65.1 Å².